The van der Waals surface area contributed by atoms with Crippen molar-refractivity contribution in [3.8, 4) is 50.7 Å². The minimum Gasteiger partial charge on any atom is -0.308 e. The molecule has 194 valence electrons. The van der Waals surface area contributed by atoms with E-state index in [-0.39, 0.29) is 10.7 Å². The number of benzene rings is 5. The number of halogens is 1. The van der Waals surface area contributed by atoms with E-state index in [1.54, 1.807) is 0 Å². The maximum absolute atomic E-state index is 6.51. The Morgan fingerprint density at radius 1 is 0.610 bits per heavy atom. The van der Waals surface area contributed by atoms with Crippen LogP contribution in [0, 0.1) is 0 Å². The molecule has 0 saturated heterocycles. The van der Waals surface area contributed by atoms with Crippen molar-refractivity contribution in [3.63, 3.8) is 0 Å². The van der Waals surface area contributed by atoms with Gasteiger partial charge in [-0.1, -0.05) is 92.7 Å². The van der Waals surface area contributed by atoms with Crippen LogP contribution in [0.1, 0.15) is 25.0 Å². The van der Waals surface area contributed by atoms with E-state index in [0.29, 0.717) is 11.6 Å². The van der Waals surface area contributed by atoms with Gasteiger partial charge < -0.3 is 4.57 Å². The number of para-hydroxylation sites is 2. The zero-order valence-corrected chi connectivity index (χ0v) is 23.2. The van der Waals surface area contributed by atoms with Crippen LogP contribution in [0.3, 0.4) is 0 Å². The van der Waals surface area contributed by atoms with Crippen LogP contribution < -0.4 is 0 Å². The lowest BCUT2D eigenvalue weighted by Gasteiger charge is -2.23. The molecule has 1 aliphatic carbocycles. The Morgan fingerprint density at radius 2 is 1.34 bits per heavy atom. The van der Waals surface area contributed by atoms with Crippen molar-refractivity contribution in [3.05, 3.63) is 120 Å². The number of rotatable bonds is 2. The molecule has 0 saturated carbocycles. The second-order valence-corrected chi connectivity index (χ2v) is 11.8. The Balaban J connectivity index is 1.42. The van der Waals surface area contributed by atoms with E-state index < -0.39 is 0 Å². The molecule has 1 aliphatic heterocycles. The molecule has 2 aromatic heterocycles. The number of hydrogen-bond acceptors (Lipinski definition) is 3. The SMILES string of the molecule is CC1(C)c2cc(-c3nc(Cl)nc(-c4ccccc4)n3)cc3c2-c2c1ccc1c4ccccc4n(c21)-c1ccccc1-3. The molecule has 0 bridgehead atoms. The first-order valence-corrected chi connectivity index (χ1v) is 14.2. The molecule has 0 fully saturated rings. The summed E-state index contributed by atoms with van der Waals surface area (Å²) in [5, 5.41) is 2.75. The van der Waals surface area contributed by atoms with Gasteiger partial charge in [0.25, 0.3) is 0 Å². The molecule has 0 spiro atoms. The van der Waals surface area contributed by atoms with E-state index in [4.69, 9.17) is 16.6 Å². The summed E-state index contributed by atoms with van der Waals surface area (Å²) in [6.07, 6.45) is 0. The zero-order valence-electron chi connectivity index (χ0n) is 22.5. The first kappa shape index (κ1) is 23.0. The van der Waals surface area contributed by atoms with Crippen molar-refractivity contribution in [2.24, 2.45) is 0 Å². The number of nitrogens with zero attached hydrogens (tertiary/aromatic N) is 4. The van der Waals surface area contributed by atoms with Gasteiger partial charge in [0, 0.05) is 38.4 Å². The van der Waals surface area contributed by atoms with E-state index in [1.807, 2.05) is 30.3 Å². The van der Waals surface area contributed by atoms with Crippen LogP contribution in [0.5, 0.6) is 0 Å². The summed E-state index contributed by atoms with van der Waals surface area (Å²) >= 11 is 6.51. The van der Waals surface area contributed by atoms with Gasteiger partial charge in [-0.15, -0.1) is 0 Å². The third-order valence-electron chi connectivity index (χ3n) is 8.91. The third kappa shape index (κ3) is 2.97. The first-order valence-electron chi connectivity index (χ1n) is 13.8. The van der Waals surface area contributed by atoms with Crippen LogP contribution in [0.2, 0.25) is 5.28 Å². The quantitative estimate of drug-likeness (QED) is 0.217. The highest BCUT2D eigenvalue weighted by Crippen LogP contribution is 2.58. The van der Waals surface area contributed by atoms with E-state index in [9.17, 15) is 0 Å². The fraction of sp³-hybridized carbons (Fsp3) is 0.0833. The van der Waals surface area contributed by atoms with Gasteiger partial charge in [-0.3, -0.25) is 0 Å². The molecule has 2 aliphatic rings. The van der Waals surface area contributed by atoms with E-state index in [2.05, 4.69) is 101 Å². The van der Waals surface area contributed by atoms with Gasteiger partial charge in [-0.25, -0.2) is 4.98 Å². The lowest BCUT2D eigenvalue weighted by atomic mass is 9.80. The van der Waals surface area contributed by atoms with Crippen molar-refractivity contribution < 1.29 is 0 Å². The Kier molecular flexibility index (Phi) is 4.42. The average molecular weight is 547 g/mol. The molecule has 5 aromatic carbocycles. The molecule has 9 rings (SSSR count). The van der Waals surface area contributed by atoms with Crippen LogP contribution in [-0.4, -0.2) is 19.5 Å². The second-order valence-electron chi connectivity index (χ2n) is 11.4. The Hall–Kier alpha value is -4.80. The third-order valence-corrected chi connectivity index (χ3v) is 9.07. The molecule has 0 N–H and O–H groups in total. The van der Waals surface area contributed by atoms with E-state index in [1.165, 1.54) is 60.9 Å². The molecule has 7 aromatic rings. The fourth-order valence-corrected chi connectivity index (χ4v) is 7.22. The molecule has 0 radical (unpaired) electrons. The molecule has 41 heavy (non-hydrogen) atoms. The highest BCUT2D eigenvalue weighted by Gasteiger charge is 2.41. The lowest BCUT2D eigenvalue weighted by molar-refractivity contribution is 0.661. The van der Waals surface area contributed by atoms with Crippen LogP contribution >= 0.6 is 11.6 Å². The van der Waals surface area contributed by atoms with Crippen molar-refractivity contribution in [2.45, 2.75) is 19.3 Å². The van der Waals surface area contributed by atoms with Gasteiger partial charge in [0.05, 0.1) is 16.7 Å². The molecular weight excluding hydrogens is 524 g/mol. The van der Waals surface area contributed by atoms with Crippen molar-refractivity contribution in [1.82, 2.24) is 19.5 Å². The topological polar surface area (TPSA) is 43.6 Å². The standard InChI is InChI=1S/C36H23ClN4/c1-36(2)26-17-16-24-22-12-6-8-14-28(22)41-29-15-9-7-13-23(29)25-18-21(19-27(36)30(25)31(26)32(24)41)34-38-33(39-35(37)40-34)20-10-4-3-5-11-20/h3-19H,1-2H3. The maximum atomic E-state index is 6.51. The van der Waals surface area contributed by atoms with E-state index in [0.717, 1.165) is 11.1 Å². The number of fused-ring (bicyclic) bond motifs is 6. The van der Waals surface area contributed by atoms with Crippen molar-refractivity contribution in [1.29, 1.82) is 0 Å². The average Bonchev–Trinajstić information content (AvgIpc) is 3.41. The van der Waals surface area contributed by atoms with Gasteiger partial charge in [-0.05, 0) is 58.1 Å². The van der Waals surface area contributed by atoms with Gasteiger partial charge >= 0.3 is 0 Å². The van der Waals surface area contributed by atoms with Crippen LogP contribution in [0.4, 0.5) is 0 Å². The van der Waals surface area contributed by atoms with Gasteiger partial charge in [0.1, 0.15) is 0 Å². The summed E-state index contributed by atoms with van der Waals surface area (Å²) in [5.74, 6) is 1.14. The lowest BCUT2D eigenvalue weighted by Crippen LogP contribution is -2.15. The minimum atomic E-state index is -0.212. The highest BCUT2D eigenvalue weighted by atomic mass is 35.5. The molecular formula is C36H23ClN4. The molecule has 0 amide bonds. The molecule has 0 unspecified atom stereocenters. The minimum absolute atomic E-state index is 0.187. The summed E-state index contributed by atoms with van der Waals surface area (Å²) in [6, 6.07) is 36.6. The Bertz CT molecular complexity index is 2250. The van der Waals surface area contributed by atoms with Crippen molar-refractivity contribution >= 4 is 33.4 Å². The number of aromatic nitrogens is 4. The van der Waals surface area contributed by atoms with Gasteiger partial charge in [0.2, 0.25) is 5.28 Å². The molecule has 3 heterocycles. The maximum Gasteiger partial charge on any atom is 0.226 e. The molecule has 4 nitrogen and oxygen atoms in total. The Morgan fingerprint density at radius 3 is 2.20 bits per heavy atom. The normalized spacial score (nSPS) is 13.9. The second kappa shape index (κ2) is 7.90. The summed E-state index contributed by atoms with van der Waals surface area (Å²) in [5.41, 5.74) is 12.9. The summed E-state index contributed by atoms with van der Waals surface area (Å²) in [6.45, 7) is 4.65. The van der Waals surface area contributed by atoms with Crippen LogP contribution in [0.15, 0.2) is 103 Å². The predicted molar refractivity (Wildman–Crippen MR) is 167 cm³/mol. The van der Waals surface area contributed by atoms with Gasteiger partial charge in [0.15, 0.2) is 11.6 Å². The summed E-state index contributed by atoms with van der Waals surface area (Å²) < 4.78 is 2.47. The largest absolute Gasteiger partial charge is 0.308 e. The van der Waals surface area contributed by atoms with Gasteiger partial charge in [-0.2, -0.15) is 9.97 Å². The van der Waals surface area contributed by atoms with E-state index >= 15 is 0 Å². The molecule has 5 heteroatoms. The monoisotopic (exact) mass is 546 g/mol. The first-order chi connectivity index (χ1) is 20.0. The smallest absolute Gasteiger partial charge is 0.226 e. The fourth-order valence-electron chi connectivity index (χ4n) is 7.06. The highest BCUT2D eigenvalue weighted by molar-refractivity contribution is 6.28. The zero-order chi connectivity index (χ0) is 27.5. The number of hydrogen-bond donors (Lipinski definition) is 0. The van der Waals surface area contributed by atoms with Crippen LogP contribution in [0.25, 0.3) is 72.5 Å². The van der Waals surface area contributed by atoms with Crippen LogP contribution in [-0.2, 0) is 5.41 Å². The summed E-state index contributed by atoms with van der Waals surface area (Å²) in [7, 11) is 0. The Labute approximate surface area is 241 Å². The molecule has 0 atom stereocenters. The van der Waals surface area contributed by atoms with Crippen molar-refractivity contribution in [2.75, 3.05) is 0 Å². The predicted octanol–water partition coefficient (Wildman–Crippen LogP) is 9.24. The summed E-state index contributed by atoms with van der Waals surface area (Å²) in [4.78, 5) is 14.0.